The van der Waals surface area contributed by atoms with Crippen LogP contribution in [0.15, 0.2) is 35.1 Å². The standard InChI is InChI=1S/C18H22N6OS2/c1-12(2)9-24-16(8-20-17(25)15-11-26-13(3)21-15)22-23-18(24)27-10-14-4-6-19-7-5-14/h4-7,11-12H,8-10H2,1-3H3,(H,20,25). The van der Waals surface area contributed by atoms with E-state index in [1.807, 2.05) is 19.1 Å². The number of thioether (sulfide) groups is 1. The molecule has 0 aliphatic rings. The second-order valence-corrected chi connectivity index (χ2v) is 8.49. The molecule has 27 heavy (non-hydrogen) atoms. The van der Waals surface area contributed by atoms with Crippen molar-refractivity contribution in [1.82, 2.24) is 30.0 Å². The Labute approximate surface area is 166 Å². The lowest BCUT2D eigenvalue weighted by Gasteiger charge is -2.12. The number of thiazole rings is 1. The van der Waals surface area contributed by atoms with Crippen LogP contribution in [-0.4, -0.2) is 30.6 Å². The topological polar surface area (TPSA) is 85.6 Å². The number of carbonyl (C=O) groups is 1. The van der Waals surface area contributed by atoms with E-state index in [0.29, 0.717) is 18.2 Å². The molecule has 1 N–H and O–H groups in total. The molecule has 0 aliphatic heterocycles. The highest BCUT2D eigenvalue weighted by Gasteiger charge is 2.16. The molecule has 0 atom stereocenters. The maximum atomic E-state index is 12.2. The normalized spacial score (nSPS) is 11.1. The maximum Gasteiger partial charge on any atom is 0.271 e. The van der Waals surface area contributed by atoms with Gasteiger partial charge in [0.2, 0.25) is 0 Å². The van der Waals surface area contributed by atoms with Crippen LogP contribution in [0.2, 0.25) is 0 Å². The fraction of sp³-hybridized carbons (Fsp3) is 0.389. The summed E-state index contributed by atoms with van der Waals surface area (Å²) in [6.07, 6.45) is 3.58. The highest BCUT2D eigenvalue weighted by atomic mass is 32.2. The molecule has 7 nitrogen and oxygen atoms in total. The summed E-state index contributed by atoms with van der Waals surface area (Å²) in [5, 5.41) is 15.0. The second kappa shape index (κ2) is 9.09. The van der Waals surface area contributed by atoms with Crippen molar-refractivity contribution < 1.29 is 4.79 Å². The first-order valence-corrected chi connectivity index (χ1v) is 10.5. The Bertz CT molecular complexity index is 890. The van der Waals surface area contributed by atoms with Crippen LogP contribution >= 0.6 is 23.1 Å². The third kappa shape index (κ3) is 5.36. The number of rotatable bonds is 8. The quantitative estimate of drug-likeness (QED) is 0.582. The molecule has 9 heteroatoms. The highest BCUT2D eigenvalue weighted by Crippen LogP contribution is 2.22. The number of carbonyl (C=O) groups excluding carboxylic acids is 1. The second-order valence-electron chi connectivity index (χ2n) is 6.48. The summed E-state index contributed by atoms with van der Waals surface area (Å²) < 4.78 is 2.09. The average molecular weight is 403 g/mol. The van der Waals surface area contributed by atoms with Crippen molar-refractivity contribution in [2.24, 2.45) is 5.92 Å². The van der Waals surface area contributed by atoms with E-state index in [4.69, 9.17) is 0 Å². The Kier molecular flexibility index (Phi) is 6.57. The van der Waals surface area contributed by atoms with Crippen molar-refractivity contribution in [1.29, 1.82) is 0 Å². The number of hydrogen-bond donors (Lipinski definition) is 1. The predicted molar refractivity (Wildman–Crippen MR) is 107 cm³/mol. The van der Waals surface area contributed by atoms with Gasteiger partial charge in [-0.05, 0) is 30.5 Å². The van der Waals surface area contributed by atoms with Gasteiger partial charge in [0.05, 0.1) is 11.6 Å². The van der Waals surface area contributed by atoms with Gasteiger partial charge in [-0.1, -0.05) is 25.6 Å². The summed E-state index contributed by atoms with van der Waals surface area (Å²) in [7, 11) is 0. The van der Waals surface area contributed by atoms with E-state index in [9.17, 15) is 4.79 Å². The minimum absolute atomic E-state index is 0.190. The summed E-state index contributed by atoms with van der Waals surface area (Å²) >= 11 is 3.10. The zero-order valence-electron chi connectivity index (χ0n) is 15.5. The smallest absolute Gasteiger partial charge is 0.271 e. The van der Waals surface area contributed by atoms with Gasteiger partial charge in [0.15, 0.2) is 11.0 Å². The highest BCUT2D eigenvalue weighted by molar-refractivity contribution is 7.98. The van der Waals surface area contributed by atoms with Crippen LogP contribution < -0.4 is 5.32 Å². The summed E-state index contributed by atoms with van der Waals surface area (Å²) in [6.45, 7) is 7.31. The van der Waals surface area contributed by atoms with E-state index in [2.05, 4.69) is 43.9 Å². The number of pyridine rings is 1. The minimum atomic E-state index is -0.190. The van der Waals surface area contributed by atoms with Gasteiger partial charge in [-0.2, -0.15) is 0 Å². The van der Waals surface area contributed by atoms with E-state index >= 15 is 0 Å². The number of aryl methyl sites for hydroxylation is 1. The first kappa shape index (κ1) is 19.5. The van der Waals surface area contributed by atoms with Crippen LogP contribution in [0, 0.1) is 12.8 Å². The van der Waals surface area contributed by atoms with Crippen LogP contribution in [-0.2, 0) is 18.8 Å². The molecule has 0 unspecified atom stereocenters. The summed E-state index contributed by atoms with van der Waals surface area (Å²) in [5.41, 5.74) is 1.63. The van der Waals surface area contributed by atoms with Crippen LogP contribution in [0.1, 0.15) is 40.7 Å². The van der Waals surface area contributed by atoms with Gasteiger partial charge in [0.1, 0.15) is 5.69 Å². The van der Waals surface area contributed by atoms with E-state index in [1.54, 1.807) is 29.5 Å². The number of nitrogens with one attached hydrogen (secondary N) is 1. The van der Waals surface area contributed by atoms with E-state index in [1.165, 1.54) is 16.9 Å². The molecule has 142 valence electrons. The lowest BCUT2D eigenvalue weighted by atomic mass is 10.2. The lowest BCUT2D eigenvalue weighted by molar-refractivity contribution is 0.0945. The Morgan fingerprint density at radius 1 is 1.30 bits per heavy atom. The van der Waals surface area contributed by atoms with Crippen molar-refractivity contribution in [2.75, 3.05) is 0 Å². The Morgan fingerprint density at radius 3 is 2.74 bits per heavy atom. The van der Waals surface area contributed by atoms with Gasteiger partial charge in [-0.15, -0.1) is 21.5 Å². The van der Waals surface area contributed by atoms with Gasteiger partial charge in [0, 0.05) is 30.1 Å². The molecule has 0 spiro atoms. The molecule has 3 aromatic heterocycles. The van der Waals surface area contributed by atoms with Gasteiger partial charge >= 0.3 is 0 Å². The van der Waals surface area contributed by atoms with Crippen molar-refractivity contribution in [3.05, 3.63) is 52.0 Å². The monoisotopic (exact) mass is 402 g/mol. The van der Waals surface area contributed by atoms with Crippen LogP contribution in [0.5, 0.6) is 0 Å². The SMILES string of the molecule is Cc1nc(C(=O)NCc2nnc(SCc3ccncc3)n2CC(C)C)cs1. The van der Waals surface area contributed by atoms with Crippen LogP contribution in [0.3, 0.4) is 0 Å². The van der Waals surface area contributed by atoms with Crippen molar-refractivity contribution in [3.63, 3.8) is 0 Å². The summed E-state index contributed by atoms with van der Waals surface area (Å²) in [5.74, 6) is 1.80. The first-order valence-electron chi connectivity index (χ1n) is 8.67. The average Bonchev–Trinajstić information content (AvgIpc) is 3.25. The summed E-state index contributed by atoms with van der Waals surface area (Å²) in [6, 6.07) is 3.99. The van der Waals surface area contributed by atoms with Crippen molar-refractivity contribution in [3.8, 4) is 0 Å². The maximum absolute atomic E-state index is 12.2. The molecule has 3 rings (SSSR count). The van der Waals surface area contributed by atoms with Crippen molar-refractivity contribution in [2.45, 2.75) is 44.8 Å². The zero-order valence-corrected chi connectivity index (χ0v) is 17.2. The predicted octanol–water partition coefficient (Wildman–Crippen LogP) is 3.32. The molecule has 0 radical (unpaired) electrons. The molecule has 0 aliphatic carbocycles. The molecule has 3 aromatic rings. The number of hydrogen-bond acceptors (Lipinski definition) is 7. The Balaban J connectivity index is 1.68. The summed E-state index contributed by atoms with van der Waals surface area (Å²) in [4.78, 5) is 20.5. The van der Waals surface area contributed by atoms with E-state index in [-0.39, 0.29) is 5.91 Å². The number of aromatic nitrogens is 5. The Hall–Kier alpha value is -2.26. The fourth-order valence-electron chi connectivity index (χ4n) is 2.45. The van der Waals surface area contributed by atoms with E-state index < -0.39 is 0 Å². The molecule has 0 aromatic carbocycles. The molecule has 0 saturated heterocycles. The van der Waals surface area contributed by atoms with Crippen LogP contribution in [0.25, 0.3) is 0 Å². The number of amides is 1. The van der Waals surface area contributed by atoms with E-state index in [0.717, 1.165) is 28.3 Å². The lowest BCUT2D eigenvalue weighted by Crippen LogP contribution is -2.25. The van der Waals surface area contributed by atoms with Crippen LogP contribution in [0.4, 0.5) is 0 Å². The molecule has 0 saturated carbocycles. The molecule has 3 heterocycles. The Morgan fingerprint density at radius 2 is 2.07 bits per heavy atom. The van der Waals surface area contributed by atoms with Gasteiger partial charge in [0.25, 0.3) is 5.91 Å². The largest absolute Gasteiger partial charge is 0.343 e. The van der Waals surface area contributed by atoms with Gasteiger partial charge < -0.3 is 9.88 Å². The molecule has 0 fully saturated rings. The molecular formula is C18H22N6OS2. The fourth-order valence-corrected chi connectivity index (χ4v) is 3.97. The molecule has 1 amide bonds. The zero-order chi connectivity index (χ0) is 19.2. The van der Waals surface area contributed by atoms with Gasteiger partial charge in [-0.3, -0.25) is 9.78 Å². The third-order valence-electron chi connectivity index (χ3n) is 3.72. The minimum Gasteiger partial charge on any atom is -0.343 e. The first-order chi connectivity index (χ1) is 13.0. The third-order valence-corrected chi connectivity index (χ3v) is 5.53. The molecular weight excluding hydrogens is 380 g/mol. The van der Waals surface area contributed by atoms with Gasteiger partial charge in [-0.25, -0.2) is 4.98 Å². The molecule has 0 bridgehead atoms. The number of nitrogens with zero attached hydrogens (tertiary/aromatic N) is 5. The van der Waals surface area contributed by atoms with Crippen molar-refractivity contribution >= 4 is 29.0 Å².